The first-order valence-electron chi connectivity index (χ1n) is 10.0. The summed E-state index contributed by atoms with van der Waals surface area (Å²) >= 11 is 0. The summed E-state index contributed by atoms with van der Waals surface area (Å²) in [5.41, 5.74) is 10.7. The van der Waals surface area contributed by atoms with Crippen molar-refractivity contribution in [1.29, 1.82) is 0 Å². The van der Waals surface area contributed by atoms with Gasteiger partial charge in [-0.15, -0.1) is 0 Å². The van der Waals surface area contributed by atoms with E-state index >= 15 is 0 Å². The van der Waals surface area contributed by atoms with Crippen molar-refractivity contribution in [2.45, 2.75) is 47.0 Å². The maximum Gasteiger partial charge on any atom is 0.276 e. The average molecular weight is 408 g/mol. The standard InChI is InChI=1S/C24H28N2O4/c1-14(2)19-11-20-18(12-29-22(20)9-17(19)5)10-23(27)25-26-24(28)13-30-21-8-15(3)6-7-16(21)4/h6-9,11-12,14H,10,13H2,1-5H3,(H,25,27)(H,26,28). The minimum absolute atomic E-state index is 0.103. The Balaban J connectivity index is 1.56. The number of hydrogen-bond acceptors (Lipinski definition) is 4. The van der Waals surface area contributed by atoms with E-state index in [2.05, 4.69) is 37.7 Å². The van der Waals surface area contributed by atoms with Gasteiger partial charge in [-0.1, -0.05) is 26.0 Å². The minimum atomic E-state index is -0.431. The summed E-state index contributed by atoms with van der Waals surface area (Å²) in [6.07, 6.45) is 1.70. The van der Waals surface area contributed by atoms with Crippen molar-refractivity contribution in [1.82, 2.24) is 10.9 Å². The topological polar surface area (TPSA) is 80.6 Å². The highest BCUT2D eigenvalue weighted by Crippen LogP contribution is 2.29. The molecule has 2 aromatic carbocycles. The van der Waals surface area contributed by atoms with Crippen LogP contribution >= 0.6 is 0 Å². The van der Waals surface area contributed by atoms with E-state index in [1.165, 1.54) is 11.1 Å². The number of nitrogens with one attached hydrogen (secondary N) is 2. The van der Waals surface area contributed by atoms with Crippen molar-refractivity contribution in [3.8, 4) is 5.75 Å². The van der Waals surface area contributed by atoms with Crippen LogP contribution in [0.1, 0.15) is 47.6 Å². The molecule has 0 radical (unpaired) electrons. The number of rotatable bonds is 6. The van der Waals surface area contributed by atoms with Gasteiger partial charge in [0.05, 0.1) is 12.7 Å². The highest BCUT2D eigenvalue weighted by atomic mass is 16.5. The second-order valence-corrected chi connectivity index (χ2v) is 7.95. The molecule has 0 spiro atoms. The first-order chi connectivity index (χ1) is 14.2. The van der Waals surface area contributed by atoms with E-state index in [1.807, 2.05) is 38.1 Å². The molecular formula is C24H28N2O4. The quantitative estimate of drug-likeness (QED) is 0.598. The second kappa shape index (κ2) is 9.03. The van der Waals surface area contributed by atoms with E-state index < -0.39 is 5.91 Å². The monoisotopic (exact) mass is 408 g/mol. The maximum atomic E-state index is 12.3. The molecule has 0 aliphatic rings. The number of amides is 2. The van der Waals surface area contributed by atoms with Crippen LogP contribution < -0.4 is 15.6 Å². The molecule has 2 amide bonds. The Hall–Kier alpha value is -3.28. The van der Waals surface area contributed by atoms with Gasteiger partial charge >= 0.3 is 0 Å². The second-order valence-electron chi connectivity index (χ2n) is 7.95. The molecule has 6 heteroatoms. The van der Waals surface area contributed by atoms with Crippen LogP contribution in [0.15, 0.2) is 41.0 Å². The van der Waals surface area contributed by atoms with E-state index in [9.17, 15) is 9.59 Å². The number of hydrogen-bond donors (Lipinski definition) is 2. The van der Waals surface area contributed by atoms with E-state index in [0.29, 0.717) is 11.7 Å². The smallest absolute Gasteiger partial charge is 0.276 e. The van der Waals surface area contributed by atoms with E-state index in [1.54, 1.807) is 6.26 Å². The zero-order valence-electron chi connectivity index (χ0n) is 18.1. The average Bonchev–Trinajstić information content (AvgIpc) is 3.07. The van der Waals surface area contributed by atoms with Crippen LogP contribution in [0.2, 0.25) is 0 Å². The number of carbonyl (C=O) groups is 2. The number of fused-ring (bicyclic) bond motifs is 1. The van der Waals surface area contributed by atoms with Crippen LogP contribution in [0.25, 0.3) is 11.0 Å². The molecule has 1 aromatic heterocycles. The molecule has 0 unspecified atom stereocenters. The zero-order chi connectivity index (χ0) is 21.8. The van der Waals surface area contributed by atoms with Crippen LogP contribution in [-0.2, 0) is 16.0 Å². The Kier molecular flexibility index (Phi) is 6.45. The SMILES string of the molecule is Cc1ccc(C)c(OCC(=O)NNC(=O)Cc2coc3cc(C)c(C(C)C)cc23)c1. The summed E-state index contributed by atoms with van der Waals surface area (Å²) in [6, 6.07) is 9.87. The Morgan fingerprint density at radius 1 is 1.00 bits per heavy atom. The molecule has 1 heterocycles. The third-order valence-electron chi connectivity index (χ3n) is 5.06. The van der Waals surface area contributed by atoms with Gasteiger partial charge in [0.15, 0.2) is 6.61 Å². The lowest BCUT2D eigenvalue weighted by atomic mass is 9.95. The van der Waals surface area contributed by atoms with Gasteiger partial charge in [-0.05, 0) is 67.1 Å². The number of benzene rings is 2. The summed E-state index contributed by atoms with van der Waals surface area (Å²) < 4.78 is 11.2. The highest BCUT2D eigenvalue weighted by Gasteiger charge is 2.14. The van der Waals surface area contributed by atoms with Gasteiger partial charge in [-0.25, -0.2) is 0 Å². The predicted octanol–water partition coefficient (Wildman–Crippen LogP) is 4.25. The molecule has 0 atom stereocenters. The molecule has 0 fully saturated rings. The van der Waals surface area contributed by atoms with E-state index in [0.717, 1.165) is 27.7 Å². The first kappa shape index (κ1) is 21.4. The predicted molar refractivity (Wildman–Crippen MR) is 116 cm³/mol. The number of aryl methyl sites for hydroxylation is 3. The fourth-order valence-electron chi connectivity index (χ4n) is 3.40. The normalized spacial score (nSPS) is 11.0. The van der Waals surface area contributed by atoms with E-state index in [-0.39, 0.29) is 18.9 Å². The van der Waals surface area contributed by atoms with Crippen molar-refractivity contribution in [2.75, 3.05) is 6.61 Å². The van der Waals surface area contributed by atoms with Gasteiger partial charge in [0.25, 0.3) is 5.91 Å². The summed E-state index contributed by atoms with van der Waals surface area (Å²) in [5, 5.41) is 0.920. The third kappa shape index (κ3) is 5.00. The highest BCUT2D eigenvalue weighted by molar-refractivity contribution is 5.89. The van der Waals surface area contributed by atoms with Crippen molar-refractivity contribution in [2.24, 2.45) is 0 Å². The molecule has 158 valence electrons. The van der Waals surface area contributed by atoms with E-state index in [4.69, 9.17) is 9.15 Å². The number of carbonyl (C=O) groups excluding carboxylic acids is 2. The Morgan fingerprint density at radius 3 is 2.47 bits per heavy atom. The molecule has 0 saturated carbocycles. The number of hydrazine groups is 1. The van der Waals surface area contributed by atoms with Crippen molar-refractivity contribution < 1.29 is 18.7 Å². The van der Waals surface area contributed by atoms with Gasteiger partial charge < -0.3 is 9.15 Å². The van der Waals surface area contributed by atoms with Gasteiger partial charge in [0.1, 0.15) is 11.3 Å². The maximum absolute atomic E-state index is 12.3. The van der Waals surface area contributed by atoms with Crippen molar-refractivity contribution in [3.05, 3.63) is 64.4 Å². The fourth-order valence-corrected chi connectivity index (χ4v) is 3.40. The molecule has 2 N–H and O–H groups in total. The van der Waals surface area contributed by atoms with Crippen molar-refractivity contribution >= 4 is 22.8 Å². The summed E-state index contributed by atoms with van der Waals surface area (Å²) in [7, 11) is 0. The van der Waals surface area contributed by atoms with Crippen LogP contribution in [0.5, 0.6) is 5.75 Å². The summed E-state index contributed by atoms with van der Waals surface area (Å²) in [6.45, 7) is 10.0. The molecule has 0 aliphatic carbocycles. The molecular weight excluding hydrogens is 380 g/mol. The Labute approximate surface area is 176 Å². The number of ether oxygens (including phenoxy) is 1. The zero-order valence-corrected chi connectivity index (χ0v) is 18.1. The minimum Gasteiger partial charge on any atom is -0.483 e. The summed E-state index contributed by atoms with van der Waals surface area (Å²) in [5.74, 6) is 0.267. The largest absolute Gasteiger partial charge is 0.483 e. The lowest BCUT2D eigenvalue weighted by Gasteiger charge is -2.11. The van der Waals surface area contributed by atoms with Gasteiger partial charge in [-0.2, -0.15) is 0 Å². The van der Waals surface area contributed by atoms with Crippen LogP contribution in [0.3, 0.4) is 0 Å². The van der Waals surface area contributed by atoms with Crippen LogP contribution in [0.4, 0.5) is 0 Å². The van der Waals surface area contributed by atoms with Gasteiger partial charge in [-0.3, -0.25) is 20.4 Å². The van der Waals surface area contributed by atoms with Gasteiger partial charge in [0.2, 0.25) is 5.91 Å². The Bertz CT molecular complexity index is 1080. The lowest BCUT2D eigenvalue weighted by Crippen LogP contribution is -2.44. The van der Waals surface area contributed by atoms with Crippen molar-refractivity contribution in [3.63, 3.8) is 0 Å². The van der Waals surface area contributed by atoms with Crippen LogP contribution in [0, 0.1) is 20.8 Å². The third-order valence-corrected chi connectivity index (χ3v) is 5.06. The molecule has 30 heavy (non-hydrogen) atoms. The lowest BCUT2D eigenvalue weighted by molar-refractivity contribution is -0.129. The Morgan fingerprint density at radius 2 is 1.73 bits per heavy atom. The summed E-state index contributed by atoms with van der Waals surface area (Å²) in [4.78, 5) is 24.3. The van der Waals surface area contributed by atoms with Gasteiger partial charge in [0, 0.05) is 10.9 Å². The molecule has 0 bridgehead atoms. The molecule has 0 saturated heterocycles. The molecule has 3 rings (SSSR count). The molecule has 0 aliphatic heterocycles. The first-order valence-corrected chi connectivity index (χ1v) is 10.0. The molecule has 3 aromatic rings. The molecule has 6 nitrogen and oxygen atoms in total. The number of furan rings is 1. The van der Waals surface area contributed by atoms with Crippen LogP contribution in [-0.4, -0.2) is 18.4 Å². The fraction of sp³-hybridized carbons (Fsp3) is 0.333.